The van der Waals surface area contributed by atoms with Crippen LogP contribution in [0.5, 0.6) is 0 Å². The van der Waals surface area contributed by atoms with Crippen LogP contribution in [0.3, 0.4) is 0 Å². The predicted octanol–water partition coefficient (Wildman–Crippen LogP) is 3.75. The number of nitrogens with one attached hydrogen (secondary N) is 1. The van der Waals surface area contributed by atoms with Crippen LogP contribution in [-0.2, 0) is 16.1 Å². The average molecular weight is 474 g/mol. The SMILES string of the molecule is COC(=O)c1ccc(NC(=O)Cn2nc(C(C)C)c3cnn(-c4ccc(C)c(C)c4)c3c2=O)cc1. The molecular formula is C26H27N5O4. The van der Waals surface area contributed by atoms with Crippen molar-refractivity contribution in [1.82, 2.24) is 19.6 Å². The van der Waals surface area contributed by atoms with Crippen molar-refractivity contribution >= 4 is 28.5 Å². The number of hydrogen-bond donors (Lipinski definition) is 1. The number of esters is 1. The Morgan fingerprint density at radius 2 is 1.77 bits per heavy atom. The molecule has 1 amide bonds. The molecule has 0 radical (unpaired) electrons. The second-order valence-corrected chi connectivity index (χ2v) is 8.71. The summed E-state index contributed by atoms with van der Waals surface area (Å²) >= 11 is 0. The average Bonchev–Trinajstić information content (AvgIpc) is 3.28. The maximum atomic E-state index is 13.5. The number of aryl methyl sites for hydroxylation is 2. The number of fused-ring (bicyclic) bond motifs is 1. The standard InChI is InChI=1S/C26H27N5O4/c1-15(2)23-21-13-27-31(20-11-6-16(3)17(4)12-20)24(21)25(33)30(29-23)14-22(32)28-19-9-7-18(8-10-19)26(34)35-5/h6-13,15H,14H2,1-5H3,(H,28,32). The summed E-state index contributed by atoms with van der Waals surface area (Å²) in [6.07, 6.45) is 1.65. The van der Waals surface area contributed by atoms with Crippen LogP contribution in [-0.4, -0.2) is 38.5 Å². The van der Waals surface area contributed by atoms with Gasteiger partial charge in [-0.15, -0.1) is 0 Å². The first-order valence-electron chi connectivity index (χ1n) is 11.2. The Balaban J connectivity index is 1.70. The van der Waals surface area contributed by atoms with E-state index in [2.05, 4.69) is 20.3 Å². The van der Waals surface area contributed by atoms with Crippen molar-refractivity contribution in [2.24, 2.45) is 0 Å². The van der Waals surface area contributed by atoms with E-state index in [-0.39, 0.29) is 12.5 Å². The van der Waals surface area contributed by atoms with Gasteiger partial charge in [-0.05, 0) is 67.3 Å². The van der Waals surface area contributed by atoms with Crippen molar-refractivity contribution in [3.8, 4) is 5.69 Å². The van der Waals surface area contributed by atoms with E-state index in [1.165, 1.54) is 11.8 Å². The van der Waals surface area contributed by atoms with Crippen LogP contribution in [0.4, 0.5) is 5.69 Å². The van der Waals surface area contributed by atoms with Crippen molar-refractivity contribution < 1.29 is 14.3 Å². The third kappa shape index (κ3) is 4.70. The fourth-order valence-corrected chi connectivity index (χ4v) is 3.82. The number of amides is 1. The molecule has 0 aliphatic carbocycles. The van der Waals surface area contributed by atoms with E-state index >= 15 is 0 Å². The number of anilines is 1. The van der Waals surface area contributed by atoms with Crippen LogP contribution in [0, 0.1) is 13.8 Å². The smallest absolute Gasteiger partial charge is 0.337 e. The monoisotopic (exact) mass is 473 g/mol. The summed E-state index contributed by atoms with van der Waals surface area (Å²) in [6, 6.07) is 12.2. The molecule has 1 N–H and O–H groups in total. The normalized spacial score (nSPS) is 11.1. The molecule has 4 rings (SSSR count). The van der Waals surface area contributed by atoms with E-state index in [1.807, 2.05) is 45.9 Å². The molecule has 2 heterocycles. The summed E-state index contributed by atoms with van der Waals surface area (Å²) in [7, 11) is 1.30. The van der Waals surface area contributed by atoms with Crippen LogP contribution < -0.4 is 10.9 Å². The van der Waals surface area contributed by atoms with Crippen molar-refractivity contribution in [3.05, 3.63) is 81.4 Å². The summed E-state index contributed by atoms with van der Waals surface area (Å²) in [5.41, 5.74) is 4.51. The van der Waals surface area contributed by atoms with E-state index in [9.17, 15) is 14.4 Å². The van der Waals surface area contributed by atoms with Crippen LogP contribution in [0.15, 0.2) is 53.5 Å². The molecule has 2 aromatic heterocycles. The van der Waals surface area contributed by atoms with Crippen molar-refractivity contribution in [2.45, 2.75) is 40.2 Å². The van der Waals surface area contributed by atoms with E-state index in [0.29, 0.717) is 27.8 Å². The molecule has 9 nitrogen and oxygen atoms in total. The molecule has 9 heteroatoms. The Bertz CT molecular complexity index is 1480. The minimum absolute atomic E-state index is 0.00989. The highest BCUT2D eigenvalue weighted by atomic mass is 16.5. The number of ether oxygens (including phenoxy) is 1. The molecule has 0 aliphatic rings. The van der Waals surface area contributed by atoms with E-state index in [0.717, 1.165) is 16.8 Å². The van der Waals surface area contributed by atoms with Gasteiger partial charge in [0.1, 0.15) is 12.1 Å². The lowest BCUT2D eigenvalue weighted by Crippen LogP contribution is -2.31. The molecule has 0 spiro atoms. The number of aromatic nitrogens is 4. The zero-order valence-corrected chi connectivity index (χ0v) is 20.3. The third-order valence-electron chi connectivity index (χ3n) is 5.88. The first kappa shape index (κ1) is 23.9. The van der Waals surface area contributed by atoms with Crippen LogP contribution in [0.25, 0.3) is 16.6 Å². The number of rotatable bonds is 6. The van der Waals surface area contributed by atoms with Gasteiger partial charge in [0.2, 0.25) is 5.91 Å². The molecule has 180 valence electrons. The first-order chi connectivity index (χ1) is 16.7. The van der Waals surface area contributed by atoms with Gasteiger partial charge < -0.3 is 10.1 Å². The Kier molecular flexibility index (Phi) is 6.50. The van der Waals surface area contributed by atoms with E-state index in [1.54, 1.807) is 35.1 Å². The summed E-state index contributed by atoms with van der Waals surface area (Å²) < 4.78 is 7.47. The third-order valence-corrected chi connectivity index (χ3v) is 5.88. The van der Waals surface area contributed by atoms with Gasteiger partial charge in [-0.1, -0.05) is 19.9 Å². The molecule has 0 unspecified atom stereocenters. The predicted molar refractivity (Wildman–Crippen MR) is 133 cm³/mol. The molecule has 35 heavy (non-hydrogen) atoms. The highest BCUT2D eigenvalue weighted by molar-refractivity contribution is 5.93. The Labute approximate surface area is 202 Å². The summed E-state index contributed by atoms with van der Waals surface area (Å²) in [5, 5.41) is 12.4. The topological polar surface area (TPSA) is 108 Å². The minimum atomic E-state index is -0.464. The summed E-state index contributed by atoms with van der Waals surface area (Å²) in [6.45, 7) is 7.72. The van der Waals surface area contributed by atoms with Gasteiger partial charge in [0.25, 0.3) is 5.56 Å². The largest absolute Gasteiger partial charge is 0.465 e. The van der Waals surface area contributed by atoms with E-state index in [4.69, 9.17) is 0 Å². The number of carbonyl (C=O) groups excluding carboxylic acids is 2. The maximum Gasteiger partial charge on any atom is 0.337 e. The highest BCUT2D eigenvalue weighted by Crippen LogP contribution is 2.24. The van der Waals surface area contributed by atoms with Crippen molar-refractivity contribution in [1.29, 1.82) is 0 Å². The zero-order chi connectivity index (χ0) is 25.3. The van der Waals surface area contributed by atoms with Gasteiger partial charge >= 0.3 is 5.97 Å². The molecular weight excluding hydrogens is 446 g/mol. The molecule has 0 saturated heterocycles. The van der Waals surface area contributed by atoms with Gasteiger partial charge in [-0.3, -0.25) is 9.59 Å². The maximum absolute atomic E-state index is 13.5. The lowest BCUT2D eigenvalue weighted by atomic mass is 10.1. The van der Waals surface area contributed by atoms with Crippen LogP contribution >= 0.6 is 0 Å². The summed E-state index contributed by atoms with van der Waals surface area (Å²) in [5.74, 6) is -0.874. The van der Waals surface area contributed by atoms with Crippen molar-refractivity contribution in [2.75, 3.05) is 12.4 Å². The van der Waals surface area contributed by atoms with Crippen molar-refractivity contribution in [3.63, 3.8) is 0 Å². The van der Waals surface area contributed by atoms with E-state index < -0.39 is 17.4 Å². The number of nitrogens with zero attached hydrogens (tertiary/aromatic N) is 4. The van der Waals surface area contributed by atoms with Gasteiger partial charge in [0.05, 0.1) is 30.3 Å². The highest BCUT2D eigenvalue weighted by Gasteiger charge is 2.20. The quantitative estimate of drug-likeness (QED) is 0.427. The fourth-order valence-electron chi connectivity index (χ4n) is 3.82. The molecule has 0 saturated carbocycles. The second kappa shape index (κ2) is 9.54. The Morgan fingerprint density at radius 3 is 2.40 bits per heavy atom. The molecule has 0 fully saturated rings. The van der Waals surface area contributed by atoms with Gasteiger partial charge in [-0.25, -0.2) is 14.2 Å². The number of benzene rings is 2. The lowest BCUT2D eigenvalue weighted by Gasteiger charge is -2.13. The Hall–Kier alpha value is -4.27. The minimum Gasteiger partial charge on any atom is -0.465 e. The number of hydrogen-bond acceptors (Lipinski definition) is 6. The fraction of sp³-hybridized carbons (Fsp3) is 0.269. The molecule has 4 aromatic rings. The summed E-state index contributed by atoms with van der Waals surface area (Å²) in [4.78, 5) is 37.8. The number of methoxy groups -OCH3 is 1. The Morgan fingerprint density at radius 1 is 1.06 bits per heavy atom. The van der Waals surface area contributed by atoms with Crippen LogP contribution in [0.1, 0.15) is 46.9 Å². The first-order valence-corrected chi connectivity index (χ1v) is 11.2. The number of carbonyl (C=O) groups is 2. The second-order valence-electron chi connectivity index (χ2n) is 8.71. The molecule has 0 atom stereocenters. The molecule has 2 aromatic carbocycles. The molecule has 0 bridgehead atoms. The van der Waals surface area contributed by atoms with Crippen LogP contribution in [0.2, 0.25) is 0 Å². The van der Waals surface area contributed by atoms with Gasteiger partial charge in [-0.2, -0.15) is 10.2 Å². The van der Waals surface area contributed by atoms with Gasteiger partial charge in [0, 0.05) is 11.1 Å². The van der Waals surface area contributed by atoms with Gasteiger partial charge in [0.15, 0.2) is 0 Å². The zero-order valence-electron chi connectivity index (χ0n) is 20.3. The molecule has 0 aliphatic heterocycles. The lowest BCUT2D eigenvalue weighted by molar-refractivity contribution is -0.117.